The number of carbonyl (C=O) groups excluding carboxylic acids is 1. The Morgan fingerprint density at radius 3 is 2.80 bits per heavy atom. The van der Waals surface area contributed by atoms with Gasteiger partial charge in [-0.2, -0.15) is 0 Å². The quantitative estimate of drug-likeness (QED) is 0.623. The summed E-state index contributed by atoms with van der Waals surface area (Å²) in [5.74, 6) is 1.78. The van der Waals surface area contributed by atoms with E-state index in [9.17, 15) is 4.79 Å². The van der Waals surface area contributed by atoms with Gasteiger partial charge in [0.15, 0.2) is 5.78 Å². The summed E-state index contributed by atoms with van der Waals surface area (Å²) >= 11 is 0. The van der Waals surface area contributed by atoms with E-state index >= 15 is 0 Å². The predicted molar refractivity (Wildman–Crippen MR) is 58.5 cm³/mol. The maximum Gasteiger partial charge on any atom is 0.190 e. The summed E-state index contributed by atoms with van der Waals surface area (Å²) in [6, 6.07) is 8.10. The Hall–Kier alpha value is -1.37. The molecule has 0 heterocycles. The van der Waals surface area contributed by atoms with Crippen molar-refractivity contribution in [1.29, 1.82) is 0 Å². The number of ketones is 1. The first-order valence-electron chi connectivity index (χ1n) is 5.73. The van der Waals surface area contributed by atoms with Gasteiger partial charge in [0.2, 0.25) is 0 Å². The third kappa shape index (κ3) is 0.865. The number of hydrogen-bond donors (Lipinski definition) is 0. The molecule has 1 saturated carbocycles. The van der Waals surface area contributed by atoms with Gasteiger partial charge in [0.05, 0.1) is 0 Å². The van der Waals surface area contributed by atoms with Crippen LogP contribution >= 0.6 is 0 Å². The Kier molecular flexibility index (Phi) is 1.26. The van der Waals surface area contributed by atoms with Gasteiger partial charge in [-0.05, 0) is 42.2 Å². The van der Waals surface area contributed by atoms with Crippen LogP contribution in [0.1, 0.15) is 35.2 Å². The molecule has 15 heavy (non-hydrogen) atoms. The van der Waals surface area contributed by atoms with Gasteiger partial charge in [-0.25, -0.2) is 0 Å². The molecule has 74 valence electrons. The topological polar surface area (TPSA) is 17.1 Å². The standard InChI is InChI=1S/C14H12O/c15-14-11-4-2-1-3-9(11)10-6-5-8-7-12(8)13(10)14/h1-4,8,12H,5-7H2. The van der Waals surface area contributed by atoms with Gasteiger partial charge in [-0.3, -0.25) is 4.79 Å². The van der Waals surface area contributed by atoms with Crippen molar-refractivity contribution >= 4 is 11.4 Å². The second-order valence-electron chi connectivity index (χ2n) is 4.91. The Morgan fingerprint density at radius 2 is 1.93 bits per heavy atom. The second-order valence-corrected chi connectivity index (χ2v) is 4.91. The number of allylic oxidation sites excluding steroid dienone is 2. The molecule has 3 aliphatic carbocycles. The molecule has 0 radical (unpaired) electrons. The second kappa shape index (κ2) is 2.41. The van der Waals surface area contributed by atoms with Crippen molar-refractivity contribution in [3.63, 3.8) is 0 Å². The van der Waals surface area contributed by atoms with Crippen LogP contribution < -0.4 is 0 Å². The monoisotopic (exact) mass is 196 g/mol. The number of Topliss-reactive ketones (excluding diaryl/α,β-unsaturated/α-hetero) is 1. The molecule has 0 N–H and O–H groups in total. The van der Waals surface area contributed by atoms with E-state index in [4.69, 9.17) is 0 Å². The lowest BCUT2D eigenvalue weighted by Gasteiger charge is -2.12. The number of fused-ring (bicyclic) bond motifs is 4. The average Bonchev–Trinajstić information content (AvgIpc) is 3.01. The van der Waals surface area contributed by atoms with Crippen molar-refractivity contribution in [3.8, 4) is 0 Å². The van der Waals surface area contributed by atoms with Crippen molar-refractivity contribution in [1.82, 2.24) is 0 Å². The van der Waals surface area contributed by atoms with Gasteiger partial charge in [0, 0.05) is 11.1 Å². The van der Waals surface area contributed by atoms with E-state index in [1.807, 2.05) is 18.2 Å². The zero-order valence-electron chi connectivity index (χ0n) is 8.49. The van der Waals surface area contributed by atoms with Crippen molar-refractivity contribution in [2.75, 3.05) is 0 Å². The van der Waals surface area contributed by atoms with E-state index in [2.05, 4.69) is 6.07 Å². The third-order valence-electron chi connectivity index (χ3n) is 4.13. The Morgan fingerprint density at radius 1 is 1.13 bits per heavy atom. The highest BCUT2D eigenvalue weighted by molar-refractivity contribution is 6.21. The summed E-state index contributed by atoms with van der Waals surface area (Å²) in [7, 11) is 0. The van der Waals surface area contributed by atoms with Crippen LogP contribution in [0, 0.1) is 11.8 Å². The molecular formula is C14H12O. The van der Waals surface area contributed by atoms with E-state index < -0.39 is 0 Å². The molecule has 1 heteroatoms. The summed E-state index contributed by atoms with van der Waals surface area (Å²) in [6.45, 7) is 0. The molecule has 0 saturated heterocycles. The summed E-state index contributed by atoms with van der Waals surface area (Å²) in [5, 5.41) is 0. The van der Waals surface area contributed by atoms with E-state index in [-0.39, 0.29) is 0 Å². The fourth-order valence-electron chi connectivity index (χ4n) is 3.28. The molecule has 0 aromatic heterocycles. The fourth-order valence-corrected chi connectivity index (χ4v) is 3.28. The number of benzene rings is 1. The Bertz CT molecular complexity index is 510. The summed E-state index contributed by atoms with van der Waals surface area (Å²) in [5.41, 5.74) is 4.72. The van der Waals surface area contributed by atoms with Gasteiger partial charge in [0.1, 0.15) is 0 Å². The van der Waals surface area contributed by atoms with Crippen LogP contribution in [0.4, 0.5) is 0 Å². The highest BCUT2D eigenvalue weighted by atomic mass is 16.1. The van der Waals surface area contributed by atoms with Gasteiger partial charge in [-0.1, -0.05) is 24.3 Å². The molecule has 0 aliphatic heterocycles. The van der Waals surface area contributed by atoms with Crippen molar-refractivity contribution in [2.45, 2.75) is 19.3 Å². The highest BCUT2D eigenvalue weighted by Gasteiger charge is 2.49. The van der Waals surface area contributed by atoms with Crippen LogP contribution in [0.5, 0.6) is 0 Å². The lowest BCUT2D eigenvalue weighted by atomic mass is 9.92. The van der Waals surface area contributed by atoms with Crippen molar-refractivity contribution in [2.24, 2.45) is 11.8 Å². The van der Waals surface area contributed by atoms with Crippen LogP contribution in [-0.4, -0.2) is 5.78 Å². The molecule has 1 aromatic rings. The van der Waals surface area contributed by atoms with E-state index in [1.54, 1.807) is 0 Å². The van der Waals surface area contributed by atoms with Crippen LogP contribution in [0.3, 0.4) is 0 Å². The molecule has 1 aromatic carbocycles. The minimum atomic E-state index is 0.327. The van der Waals surface area contributed by atoms with E-state index in [1.165, 1.54) is 29.6 Å². The van der Waals surface area contributed by atoms with Gasteiger partial charge < -0.3 is 0 Å². The Labute approximate surface area is 88.8 Å². The number of rotatable bonds is 0. The zero-order chi connectivity index (χ0) is 9.99. The molecule has 0 spiro atoms. The zero-order valence-corrected chi connectivity index (χ0v) is 8.49. The van der Waals surface area contributed by atoms with Crippen molar-refractivity contribution in [3.05, 3.63) is 41.0 Å². The molecule has 2 unspecified atom stereocenters. The molecule has 0 bridgehead atoms. The van der Waals surface area contributed by atoms with Crippen LogP contribution in [0.15, 0.2) is 29.8 Å². The first-order chi connectivity index (χ1) is 7.36. The molecule has 1 fully saturated rings. The average molecular weight is 196 g/mol. The molecule has 3 aliphatic rings. The van der Waals surface area contributed by atoms with Crippen LogP contribution in [0.25, 0.3) is 5.57 Å². The Balaban J connectivity index is 1.98. The first-order valence-corrected chi connectivity index (χ1v) is 5.73. The van der Waals surface area contributed by atoms with Crippen LogP contribution in [0.2, 0.25) is 0 Å². The molecule has 1 nitrogen and oxygen atoms in total. The smallest absolute Gasteiger partial charge is 0.190 e. The summed E-state index contributed by atoms with van der Waals surface area (Å²) < 4.78 is 0. The van der Waals surface area contributed by atoms with Crippen molar-refractivity contribution < 1.29 is 4.79 Å². The fraction of sp³-hybridized carbons (Fsp3) is 0.357. The van der Waals surface area contributed by atoms with Gasteiger partial charge in [0.25, 0.3) is 0 Å². The molecule has 2 atom stereocenters. The highest BCUT2D eigenvalue weighted by Crippen LogP contribution is 2.57. The minimum Gasteiger partial charge on any atom is -0.289 e. The number of carbonyl (C=O) groups is 1. The van der Waals surface area contributed by atoms with E-state index in [0.717, 1.165) is 17.9 Å². The molecule has 4 rings (SSSR count). The van der Waals surface area contributed by atoms with Gasteiger partial charge >= 0.3 is 0 Å². The van der Waals surface area contributed by atoms with Crippen LogP contribution in [-0.2, 0) is 0 Å². The molecular weight excluding hydrogens is 184 g/mol. The SMILES string of the molecule is O=C1C2=C(CCC3CC23)c2ccccc21. The lowest BCUT2D eigenvalue weighted by Crippen LogP contribution is -2.04. The predicted octanol–water partition coefficient (Wildman–Crippen LogP) is 3.07. The first kappa shape index (κ1) is 7.86. The summed E-state index contributed by atoms with van der Waals surface area (Å²) in [6.07, 6.45) is 3.68. The largest absolute Gasteiger partial charge is 0.289 e. The maximum atomic E-state index is 12.2. The van der Waals surface area contributed by atoms with E-state index in [0.29, 0.717) is 11.7 Å². The lowest BCUT2D eigenvalue weighted by molar-refractivity contribution is 0.103. The molecule has 0 amide bonds. The maximum absolute atomic E-state index is 12.2. The third-order valence-corrected chi connectivity index (χ3v) is 4.13. The minimum absolute atomic E-state index is 0.327. The number of hydrogen-bond acceptors (Lipinski definition) is 1. The summed E-state index contributed by atoms with van der Waals surface area (Å²) in [4.78, 5) is 12.2. The van der Waals surface area contributed by atoms with Gasteiger partial charge in [-0.15, -0.1) is 0 Å². The normalized spacial score (nSPS) is 31.1.